The minimum Gasteiger partial charge on any atom is -0.489 e. The fourth-order valence-electron chi connectivity index (χ4n) is 3.65. The number of rotatable bonds is 11. The lowest BCUT2D eigenvalue weighted by Gasteiger charge is -2.16. The molecule has 2 amide bonds. The number of amides is 2. The van der Waals surface area contributed by atoms with Gasteiger partial charge in [0.1, 0.15) is 18.1 Å². The highest BCUT2D eigenvalue weighted by atomic mass is 19.4. The number of hydrogen-bond acceptors (Lipinski definition) is 5. The van der Waals surface area contributed by atoms with Crippen molar-refractivity contribution in [2.75, 3.05) is 26.0 Å². The molecule has 2 aromatic carbocycles. The van der Waals surface area contributed by atoms with Crippen LogP contribution in [0.5, 0.6) is 5.75 Å². The van der Waals surface area contributed by atoms with Gasteiger partial charge in [-0.25, -0.2) is 0 Å². The van der Waals surface area contributed by atoms with E-state index < -0.39 is 23.6 Å². The lowest BCUT2D eigenvalue weighted by atomic mass is 10.0. The number of alkyl halides is 3. The summed E-state index contributed by atoms with van der Waals surface area (Å²) in [5.41, 5.74) is 6.24. The van der Waals surface area contributed by atoms with Crippen LogP contribution in [0.3, 0.4) is 0 Å². The summed E-state index contributed by atoms with van der Waals surface area (Å²) >= 11 is 0. The molecule has 3 N–H and O–H groups in total. The maximum Gasteiger partial charge on any atom is 0.416 e. The third kappa shape index (κ3) is 8.74. The standard InChI is InChI=1S/C28H29F3N4O3/c1-35(2)14-4-6-21-9-10-22(17-24(21)28(29,30)31)34-26(36)11-8-19-5-3-7-23(15-19)38-18-20-12-13-33-25(16-20)27(32)37/h3,5,7-13,15-17H,4,6,14,18H2,1-2H3,(H2,32,37)(H,34,36). The molecule has 3 rings (SSSR count). The number of nitrogens with zero attached hydrogens (tertiary/aromatic N) is 2. The molecule has 0 saturated carbocycles. The van der Waals surface area contributed by atoms with Gasteiger partial charge in [0.05, 0.1) is 5.56 Å². The van der Waals surface area contributed by atoms with Gasteiger partial charge in [-0.2, -0.15) is 13.2 Å². The number of nitrogens with two attached hydrogens (primary N) is 1. The molecule has 0 spiro atoms. The second-order valence-electron chi connectivity index (χ2n) is 8.87. The molecule has 0 atom stereocenters. The summed E-state index contributed by atoms with van der Waals surface area (Å²) in [5.74, 6) is -0.687. The summed E-state index contributed by atoms with van der Waals surface area (Å²) in [7, 11) is 3.73. The van der Waals surface area contributed by atoms with Crippen molar-refractivity contribution in [2.45, 2.75) is 25.6 Å². The molecule has 0 aliphatic rings. The van der Waals surface area contributed by atoms with Crippen LogP contribution in [0.25, 0.3) is 6.08 Å². The maximum atomic E-state index is 13.6. The molecule has 1 aromatic heterocycles. The minimum atomic E-state index is -4.53. The summed E-state index contributed by atoms with van der Waals surface area (Å²) in [4.78, 5) is 29.5. The summed E-state index contributed by atoms with van der Waals surface area (Å²) in [5, 5.41) is 2.49. The van der Waals surface area contributed by atoms with E-state index in [0.29, 0.717) is 29.8 Å². The van der Waals surface area contributed by atoms with Crippen molar-refractivity contribution in [3.05, 3.63) is 94.8 Å². The smallest absolute Gasteiger partial charge is 0.416 e. The van der Waals surface area contributed by atoms with E-state index in [-0.39, 0.29) is 30.0 Å². The maximum absolute atomic E-state index is 13.6. The van der Waals surface area contributed by atoms with Crippen LogP contribution < -0.4 is 15.8 Å². The quantitative estimate of drug-likeness (QED) is 0.346. The highest BCUT2D eigenvalue weighted by Gasteiger charge is 2.33. The number of carbonyl (C=O) groups excluding carboxylic acids is 2. The lowest BCUT2D eigenvalue weighted by molar-refractivity contribution is -0.138. The number of aryl methyl sites for hydroxylation is 1. The third-order valence-corrected chi connectivity index (χ3v) is 5.50. The molecule has 10 heteroatoms. The van der Waals surface area contributed by atoms with Crippen molar-refractivity contribution in [1.29, 1.82) is 0 Å². The Kier molecular flexibility index (Phi) is 9.61. The Labute approximate surface area is 219 Å². The predicted molar refractivity (Wildman–Crippen MR) is 140 cm³/mol. The number of pyridine rings is 1. The number of anilines is 1. The summed E-state index contributed by atoms with van der Waals surface area (Å²) in [6, 6.07) is 14.0. The SMILES string of the molecule is CN(C)CCCc1ccc(NC(=O)C=Cc2cccc(OCc3ccnc(C(N)=O)c3)c2)cc1C(F)(F)F. The molecule has 0 aliphatic carbocycles. The lowest BCUT2D eigenvalue weighted by Crippen LogP contribution is -2.16. The number of benzene rings is 2. The van der Waals surface area contributed by atoms with Crippen molar-refractivity contribution < 1.29 is 27.5 Å². The van der Waals surface area contributed by atoms with Gasteiger partial charge in [0.25, 0.3) is 5.91 Å². The van der Waals surface area contributed by atoms with Crippen molar-refractivity contribution >= 4 is 23.6 Å². The molecule has 0 fully saturated rings. The first kappa shape index (κ1) is 28.4. The molecule has 0 bridgehead atoms. The van der Waals surface area contributed by atoms with Crippen LogP contribution in [-0.4, -0.2) is 42.3 Å². The Hall–Kier alpha value is -4.18. The number of primary amides is 1. The van der Waals surface area contributed by atoms with Gasteiger partial charge in [0.15, 0.2) is 0 Å². The molecule has 1 heterocycles. The Morgan fingerprint density at radius 2 is 1.89 bits per heavy atom. The van der Waals surface area contributed by atoms with E-state index in [2.05, 4.69) is 10.3 Å². The Morgan fingerprint density at radius 3 is 2.61 bits per heavy atom. The Bertz CT molecular complexity index is 1310. The molecule has 7 nitrogen and oxygen atoms in total. The highest BCUT2D eigenvalue weighted by molar-refractivity contribution is 6.02. The van der Waals surface area contributed by atoms with Gasteiger partial charge in [-0.15, -0.1) is 0 Å². The third-order valence-electron chi connectivity index (χ3n) is 5.50. The zero-order chi connectivity index (χ0) is 27.7. The predicted octanol–water partition coefficient (Wildman–Crippen LogP) is 4.92. The van der Waals surface area contributed by atoms with Gasteiger partial charge in [0.2, 0.25) is 5.91 Å². The zero-order valence-electron chi connectivity index (χ0n) is 21.1. The highest BCUT2D eigenvalue weighted by Crippen LogP contribution is 2.34. The van der Waals surface area contributed by atoms with Crippen molar-refractivity contribution in [2.24, 2.45) is 5.73 Å². The molecular formula is C28H29F3N4O3. The monoisotopic (exact) mass is 526 g/mol. The van der Waals surface area contributed by atoms with E-state index in [1.54, 1.807) is 30.3 Å². The zero-order valence-corrected chi connectivity index (χ0v) is 21.1. The number of ether oxygens (including phenoxy) is 1. The van der Waals surface area contributed by atoms with Crippen LogP contribution in [0, 0.1) is 0 Å². The number of carbonyl (C=O) groups is 2. The van der Waals surface area contributed by atoms with Crippen molar-refractivity contribution in [3.8, 4) is 5.75 Å². The first-order valence-corrected chi connectivity index (χ1v) is 11.8. The fraction of sp³-hybridized carbons (Fsp3) is 0.250. The van der Waals surface area contributed by atoms with Crippen LogP contribution in [0.4, 0.5) is 18.9 Å². The molecule has 3 aromatic rings. The summed E-state index contributed by atoms with van der Waals surface area (Å²) in [6.45, 7) is 0.843. The first-order valence-electron chi connectivity index (χ1n) is 11.8. The number of aromatic nitrogens is 1. The number of halogens is 3. The van der Waals surface area contributed by atoms with E-state index in [1.807, 2.05) is 19.0 Å². The van der Waals surface area contributed by atoms with Crippen molar-refractivity contribution in [3.63, 3.8) is 0 Å². The largest absolute Gasteiger partial charge is 0.489 e. The average molecular weight is 527 g/mol. The normalized spacial score (nSPS) is 11.6. The van der Waals surface area contributed by atoms with Crippen LogP contribution >= 0.6 is 0 Å². The summed E-state index contributed by atoms with van der Waals surface area (Å²) < 4.78 is 46.6. The van der Waals surface area contributed by atoms with Gasteiger partial charge in [-0.1, -0.05) is 18.2 Å². The van der Waals surface area contributed by atoms with Gasteiger partial charge in [0, 0.05) is 18.0 Å². The molecule has 38 heavy (non-hydrogen) atoms. The van der Waals surface area contributed by atoms with E-state index in [0.717, 1.165) is 6.07 Å². The van der Waals surface area contributed by atoms with Crippen molar-refractivity contribution in [1.82, 2.24) is 9.88 Å². The second-order valence-corrected chi connectivity index (χ2v) is 8.87. The minimum absolute atomic E-state index is 0.0631. The number of hydrogen-bond donors (Lipinski definition) is 2. The molecule has 200 valence electrons. The molecule has 0 unspecified atom stereocenters. The van der Waals surface area contributed by atoms with Crippen LogP contribution in [0.1, 0.15) is 39.2 Å². The van der Waals surface area contributed by atoms with E-state index in [4.69, 9.17) is 10.5 Å². The fourth-order valence-corrected chi connectivity index (χ4v) is 3.65. The topological polar surface area (TPSA) is 97.6 Å². The molecule has 0 saturated heterocycles. The Morgan fingerprint density at radius 1 is 1.11 bits per heavy atom. The second kappa shape index (κ2) is 12.9. The van der Waals surface area contributed by atoms with E-state index >= 15 is 0 Å². The van der Waals surface area contributed by atoms with E-state index in [1.165, 1.54) is 36.5 Å². The van der Waals surface area contributed by atoms with Gasteiger partial charge in [-0.3, -0.25) is 14.6 Å². The van der Waals surface area contributed by atoms with Crippen LogP contribution in [0.15, 0.2) is 66.9 Å². The average Bonchev–Trinajstić information content (AvgIpc) is 2.86. The molecular weight excluding hydrogens is 497 g/mol. The van der Waals surface area contributed by atoms with Crippen LogP contribution in [0.2, 0.25) is 0 Å². The van der Waals surface area contributed by atoms with Gasteiger partial charge < -0.3 is 20.7 Å². The van der Waals surface area contributed by atoms with E-state index in [9.17, 15) is 22.8 Å². The molecule has 0 aliphatic heterocycles. The van der Waals surface area contributed by atoms with Gasteiger partial charge in [-0.05, 0) is 92.6 Å². The number of nitrogens with one attached hydrogen (secondary N) is 1. The van der Waals surface area contributed by atoms with Gasteiger partial charge >= 0.3 is 6.18 Å². The Balaban J connectivity index is 1.63. The molecule has 0 radical (unpaired) electrons. The van der Waals surface area contributed by atoms with Crippen LogP contribution in [-0.2, 0) is 24.0 Å². The summed E-state index contributed by atoms with van der Waals surface area (Å²) in [6.07, 6.45) is 0.575. The first-order chi connectivity index (χ1) is 18.0.